The molecule has 4 aromatic rings. The van der Waals surface area contributed by atoms with Crippen molar-refractivity contribution in [2.24, 2.45) is 0 Å². The van der Waals surface area contributed by atoms with Crippen LogP contribution in [-0.2, 0) is 6.61 Å². The van der Waals surface area contributed by atoms with Crippen LogP contribution < -0.4 is 4.74 Å². The minimum atomic E-state index is -0.0864. The van der Waals surface area contributed by atoms with Crippen molar-refractivity contribution in [3.63, 3.8) is 0 Å². The third kappa shape index (κ3) is 3.25. The lowest BCUT2D eigenvalue weighted by Gasteiger charge is -2.12. The van der Waals surface area contributed by atoms with E-state index >= 15 is 0 Å². The Bertz CT molecular complexity index is 1170. The number of aliphatic hydroxyl groups is 1. The van der Waals surface area contributed by atoms with Gasteiger partial charge in [0.1, 0.15) is 5.75 Å². The predicted octanol–water partition coefficient (Wildman–Crippen LogP) is 4.46. The number of H-pyrrole nitrogens is 1. The van der Waals surface area contributed by atoms with Gasteiger partial charge in [0, 0.05) is 35.1 Å². The fourth-order valence-corrected chi connectivity index (χ4v) is 3.78. The summed E-state index contributed by atoms with van der Waals surface area (Å²) < 4.78 is 5.61. The Labute approximate surface area is 168 Å². The second-order valence-electron chi connectivity index (χ2n) is 7.31. The first-order chi connectivity index (χ1) is 14.3. The van der Waals surface area contributed by atoms with Crippen LogP contribution in [0.4, 0.5) is 0 Å². The van der Waals surface area contributed by atoms with Crippen LogP contribution in [0.15, 0.2) is 48.8 Å². The first-order valence-electron chi connectivity index (χ1n) is 9.95. The lowest BCUT2D eigenvalue weighted by Crippen LogP contribution is -1.98. The molecular formula is C23H22N4O2. The molecule has 1 aromatic carbocycles. The molecule has 0 unspecified atom stereocenters. The minimum Gasteiger partial charge on any atom is -0.494 e. The average Bonchev–Trinajstić information content (AvgIpc) is 3.53. The number of benzene rings is 1. The Hall–Kier alpha value is -3.25. The van der Waals surface area contributed by atoms with Gasteiger partial charge >= 0.3 is 0 Å². The number of aromatic nitrogens is 4. The van der Waals surface area contributed by atoms with E-state index in [4.69, 9.17) is 9.72 Å². The molecule has 0 atom stereocenters. The molecule has 0 saturated heterocycles. The summed E-state index contributed by atoms with van der Waals surface area (Å²) >= 11 is 0. The van der Waals surface area contributed by atoms with Crippen molar-refractivity contribution < 1.29 is 9.84 Å². The SMILES string of the molecule is CCOc1ccc(-c2cc(-c3ccncc3)c3c(C4CC4)[nH]nc3n2)cc1CO. The summed E-state index contributed by atoms with van der Waals surface area (Å²) in [4.78, 5) is 8.99. The molecule has 0 bridgehead atoms. The fraction of sp³-hybridized carbons (Fsp3) is 0.261. The van der Waals surface area contributed by atoms with E-state index in [2.05, 4.69) is 21.2 Å². The van der Waals surface area contributed by atoms with Crippen molar-refractivity contribution in [3.05, 3.63) is 60.0 Å². The standard InChI is InChI=1S/C23H22N4O2/c1-2-29-20-6-5-16(11-17(20)13-28)19-12-18(14-7-9-24-10-8-14)21-22(15-3-4-15)26-27-23(21)25-19/h5-12,15,28H,2-4,13H2,1H3,(H,25,26,27). The summed E-state index contributed by atoms with van der Waals surface area (Å²) in [5.41, 5.74) is 6.57. The highest BCUT2D eigenvalue weighted by molar-refractivity contribution is 5.97. The summed E-state index contributed by atoms with van der Waals surface area (Å²) in [7, 11) is 0. The third-order valence-corrected chi connectivity index (χ3v) is 5.36. The number of aliphatic hydroxyl groups excluding tert-OH is 1. The van der Waals surface area contributed by atoms with E-state index in [9.17, 15) is 5.11 Å². The van der Waals surface area contributed by atoms with Crippen LogP contribution in [0, 0.1) is 0 Å². The number of nitrogens with zero attached hydrogens (tertiary/aromatic N) is 3. The van der Waals surface area contributed by atoms with Crippen molar-refractivity contribution in [2.75, 3.05) is 6.61 Å². The lowest BCUT2D eigenvalue weighted by atomic mass is 9.98. The van der Waals surface area contributed by atoms with Gasteiger partial charge in [0.05, 0.1) is 24.3 Å². The second-order valence-corrected chi connectivity index (χ2v) is 7.31. The number of nitrogens with one attached hydrogen (secondary N) is 1. The Kier molecular flexibility index (Phi) is 4.48. The Morgan fingerprint density at radius 1 is 1.10 bits per heavy atom. The quantitative estimate of drug-likeness (QED) is 0.511. The van der Waals surface area contributed by atoms with Gasteiger partial charge in [0.15, 0.2) is 5.65 Å². The monoisotopic (exact) mass is 386 g/mol. The van der Waals surface area contributed by atoms with Gasteiger partial charge in [-0.05, 0) is 67.3 Å². The molecule has 146 valence electrons. The average molecular weight is 386 g/mol. The number of aromatic amines is 1. The number of rotatable bonds is 6. The third-order valence-electron chi connectivity index (χ3n) is 5.36. The maximum atomic E-state index is 9.77. The number of hydrogen-bond donors (Lipinski definition) is 2. The van der Waals surface area contributed by atoms with E-state index in [0.29, 0.717) is 18.3 Å². The summed E-state index contributed by atoms with van der Waals surface area (Å²) in [5.74, 6) is 1.24. The fourth-order valence-electron chi connectivity index (χ4n) is 3.78. The molecular weight excluding hydrogens is 364 g/mol. The molecule has 1 aliphatic rings. The molecule has 5 rings (SSSR count). The first-order valence-corrected chi connectivity index (χ1v) is 9.95. The first kappa shape index (κ1) is 17.8. The van der Waals surface area contributed by atoms with Crippen molar-refractivity contribution in [2.45, 2.75) is 32.3 Å². The zero-order chi connectivity index (χ0) is 19.8. The zero-order valence-corrected chi connectivity index (χ0v) is 16.2. The predicted molar refractivity (Wildman–Crippen MR) is 112 cm³/mol. The van der Waals surface area contributed by atoms with Crippen LogP contribution >= 0.6 is 0 Å². The van der Waals surface area contributed by atoms with E-state index in [0.717, 1.165) is 39.0 Å². The highest BCUT2D eigenvalue weighted by atomic mass is 16.5. The lowest BCUT2D eigenvalue weighted by molar-refractivity contribution is 0.267. The molecule has 1 aliphatic carbocycles. The summed E-state index contributed by atoms with van der Waals surface area (Å²) in [6.45, 7) is 2.40. The minimum absolute atomic E-state index is 0.0864. The highest BCUT2D eigenvalue weighted by Gasteiger charge is 2.29. The molecule has 6 heteroatoms. The molecule has 2 N–H and O–H groups in total. The number of fused-ring (bicyclic) bond motifs is 1. The van der Waals surface area contributed by atoms with E-state index < -0.39 is 0 Å². The van der Waals surface area contributed by atoms with Gasteiger partial charge in [0.25, 0.3) is 0 Å². The molecule has 0 radical (unpaired) electrons. The van der Waals surface area contributed by atoms with Crippen LogP contribution in [-0.4, -0.2) is 31.9 Å². The Morgan fingerprint density at radius 2 is 1.93 bits per heavy atom. The van der Waals surface area contributed by atoms with Crippen LogP contribution in [0.1, 0.15) is 36.9 Å². The van der Waals surface area contributed by atoms with Crippen molar-refractivity contribution >= 4 is 11.0 Å². The normalized spacial score (nSPS) is 13.7. The van der Waals surface area contributed by atoms with Crippen LogP contribution in [0.3, 0.4) is 0 Å². The van der Waals surface area contributed by atoms with E-state index in [-0.39, 0.29) is 6.61 Å². The molecule has 0 aliphatic heterocycles. The molecule has 3 aromatic heterocycles. The van der Waals surface area contributed by atoms with Gasteiger partial charge in [-0.3, -0.25) is 10.1 Å². The van der Waals surface area contributed by atoms with Crippen LogP contribution in [0.25, 0.3) is 33.4 Å². The summed E-state index contributed by atoms with van der Waals surface area (Å²) in [6, 6.07) is 11.9. The largest absolute Gasteiger partial charge is 0.494 e. The molecule has 0 spiro atoms. The van der Waals surface area contributed by atoms with Gasteiger partial charge in [-0.15, -0.1) is 0 Å². The maximum Gasteiger partial charge on any atom is 0.182 e. The molecule has 29 heavy (non-hydrogen) atoms. The second kappa shape index (κ2) is 7.29. The van der Waals surface area contributed by atoms with E-state index in [1.807, 2.05) is 37.3 Å². The van der Waals surface area contributed by atoms with Gasteiger partial charge in [-0.2, -0.15) is 5.10 Å². The van der Waals surface area contributed by atoms with Crippen molar-refractivity contribution in [1.29, 1.82) is 0 Å². The Balaban J connectivity index is 1.70. The molecule has 3 heterocycles. The molecule has 0 amide bonds. The smallest absolute Gasteiger partial charge is 0.182 e. The zero-order valence-electron chi connectivity index (χ0n) is 16.2. The van der Waals surface area contributed by atoms with Gasteiger partial charge < -0.3 is 9.84 Å². The van der Waals surface area contributed by atoms with E-state index in [1.165, 1.54) is 18.5 Å². The number of ether oxygens (including phenoxy) is 1. The number of pyridine rings is 2. The highest BCUT2D eigenvalue weighted by Crippen LogP contribution is 2.44. The Morgan fingerprint density at radius 3 is 2.66 bits per heavy atom. The molecule has 6 nitrogen and oxygen atoms in total. The molecule has 1 fully saturated rings. The number of hydrogen-bond acceptors (Lipinski definition) is 5. The summed E-state index contributed by atoms with van der Waals surface area (Å²) in [6.07, 6.45) is 5.99. The van der Waals surface area contributed by atoms with Gasteiger partial charge in [-0.25, -0.2) is 4.98 Å². The van der Waals surface area contributed by atoms with Gasteiger partial charge in [-0.1, -0.05) is 0 Å². The molecule has 1 saturated carbocycles. The maximum absolute atomic E-state index is 9.77. The van der Waals surface area contributed by atoms with Gasteiger partial charge in [0.2, 0.25) is 0 Å². The van der Waals surface area contributed by atoms with Crippen LogP contribution in [0.5, 0.6) is 5.75 Å². The topological polar surface area (TPSA) is 83.9 Å². The summed E-state index contributed by atoms with van der Waals surface area (Å²) in [5, 5.41) is 18.6. The van der Waals surface area contributed by atoms with Crippen LogP contribution in [0.2, 0.25) is 0 Å². The van der Waals surface area contributed by atoms with E-state index in [1.54, 1.807) is 12.4 Å². The van der Waals surface area contributed by atoms with Crippen molar-refractivity contribution in [1.82, 2.24) is 20.2 Å². The van der Waals surface area contributed by atoms with Crippen molar-refractivity contribution in [3.8, 4) is 28.1 Å².